The summed E-state index contributed by atoms with van der Waals surface area (Å²) in [5.41, 5.74) is 4.05. The molecule has 0 amide bonds. The number of nitrogens with zero attached hydrogens (tertiary/aromatic N) is 1. The van der Waals surface area contributed by atoms with E-state index in [1.807, 2.05) is 25.2 Å². The van der Waals surface area contributed by atoms with Gasteiger partial charge in [-0.1, -0.05) is 75.4 Å². The normalized spacial score (nSPS) is 11.1. The molecule has 2 nitrogen and oxygen atoms in total. The van der Waals surface area contributed by atoms with Gasteiger partial charge in [-0.3, -0.25) is 0 Å². The number of rotatable bonds is 4. The van der Waals surface area contributed by atoms with Gasteiger partial charge in [-0.15, -0.1) is 0 Å². The first-order chi connectivity index (χ1) is 10.9. The summed E-state index contributed by atoms with van der Waals surface area (Å²) in [5, 5.41) is 4.08. The Hall–Kier alpha value is -1.87. The number of hydrogen-bond acceptors (Lipinski definition) is 1. The second-order valence-electron chi connectivity index (χ2n) is 6.95. The van der Waals surface area contributed by atoms with Gasteiger partial charge < -0.3 is 10.2 Å². The fraction of sp³-hybridized carbons (Fsp3) is 0.350. The van der Waals surface area contributed by atoms with Gasteiger partial charge in [0.2, 0.25) is 0 Å². The third kappa shape index (κ3) is 5.36. The van der Waals surface area contributed by atoms with Gasteiger partial charge in [-0.25, -0.2) is 0 Å². The van der Waals surface area contributed by atoms with Gasteiger partial charge >= 0.3 is 0 Å². The van der Waals surface area contributed by atoms with Gasteiger partial charge in [0.05, 0.1) is 0 Å². The largest absolute Gasteiger partial charge is 0.358 e. The maximum Gasteiger partial charge on any atom is 0.169 e. The lowest BCUT2D eigenvalue weighted by atomic mass is 9.87. The van der Waals surface area contributed by atoms with Crippen molar-refractivity contribution in [1.82, 2.24) is 10.2 Å². The van der Waals surface area contributed by atoms with E-state index in [4.69, 9.17) is 12.2 Å². The first kappa shape index (κ1) is 17.5. The van der Waals surface area contributed by atoms with E-state index in [1.165, 1.54) is 16.7 Å². The zero-order valence-electron chi connectivity index (χ0n) is 14.5. The summed E-state index contributed by atoms with van der Waals surface area (Å²) in [6.45, 7) is 8.27. The fourth-order valence-corrected chi connectivity index (χ4v) is 2.50. The highest BCUT2D eigenvalue weighted by Gasteiger charge is 2.13. The Balaban J connectivity index is 1.88. The van der Waals surface area contributed by atoms with Crippen molar-refractivity contribution in [2.45, 2.75) is 39.3 Å². The zero-order valence-corrected chi connectivity index (χ0v) is 15.3. The molecule has 3 heteroatoms. The molecule has 2 rings (SSSR count). The number of thiocarbonyl (C=S) groups is 1. The lowest BCUT2D eigenvalue weighted by Crippen LogP contribution is -2.36. The predicted octanol–water partition coefficient (Wildman–Crippen LogP) is 4.49. The molecule has 0 aliphatic heterocycles. The average Bonchev–Trinajstić information content (AvgIpc) is 2.53. The second kappa shape index (κ2) is 7.60. The molecule has 1 N–H and O–H groups in total. The van der Waals surface area contributed by atoms with E-state index in [0.717, 1.165) is 18.2 Å². The summed E-state index contributed by atoms with van der Waals surface area (Å²) in [6, 6.07) is 19.1. The molecular formula is C20H26N2S. The molecule has 0 bridgehead atoms. The minimum absolute atomic E-state index is 0.191. The molecule has 0 radical (unpaired) electrons. The number of benzene rings is 2. The van der Waals surface area contributed by atoms with Crippen molar-refractivity contribution in [1.29, 1.82) is 0 Å². The summed E-state index contributed by atoms with van der Waals surface area (Å²) in [4.78, 5) is 2.07. The second-order valence-corrected chi connectivity index (χ2v) is 7.33. The van der Waals surface area contributed by atoms with Crippen molar-refractivity contribution in [2.24, 2.45) is 0 Å². The van der Waals surface area contributed by atoms with Crippen LogP contribution in [0.4, 0.5) is 0 Å². The van der Waals surface area contributed by atoms with E-state index < -0.39 is 0 Å². The standard InChI is InChI=1S/C20H26N2S/c1-20(2,3)18-12-10-17(11-13-18)15-22(4)19(23)21-14-16-8-6-5-7-9-16/h5-13H,14-15H2,1-4H3,(H,21,23). The maximum absolute atomic E-state index is 5.47. The van der Waals surface area contributed by atoms with Gasteiger partial charge in [-0.05, 0) is 34.3 Å². The van der Waals surface area contributed by atoms with Crippen LogP contribution < -0.4 is 5.32 Å². The third-order valence-electron chi connectivity index (χ3n) is 3.87. The van der Waals surface area contributed by atoms with Crippen LogP contribution in [0.15, 0.2) is 54.6 Å². The van der Waals surface area contributed by atoms with Gasteiger partial charge in [0, 0.05) is 20.1 Å². The summed E-state index contributed by atoms with van der Waals surface area (Å²) >= 11 is 5.47. The molecular weight excluding hydrogens is 300 g/mol. The highest BCUT2D eigenvalue weighted by Crippen LogP contribution is 2.22. The van der Waals surface area contributed by atoms with Crippen LogP contribution in [0.1, 0.15) is 37.5 Å². The van der Waals surface area contributed by atoms with Crippen molar-refractivity contribution < 1.29 is 0 Å². The minimum atomic E-state index is 0.191. The molecule has 0 aromatic heterocycles. The fourth-order valence-electron chi connectivity index (χ4n) is 2.36. The van der Waals surface area contributed by atoms with Crippen molar-refractivity contribution in [2.75, 3.05) is 7.05 Å². The van der Waals surface area contributed by atoms with Crippen molar-refractivity contribution >= 4 is 17.3 Å². The smallest absolute Gasteiger partial charge is 0.169 e. The lowest BCUT2D eigenvalue weighted by Gasteiger charge is -2.23. The van der Waals surface area contributed by atoms with Crippen LogP contribution in [-0.2, 0) is 18.5 Å². The Labute approximate surface area is 145 Å². The highest BCUT2D eigenvalue weighted by molar-refractivity contribution is 7.80. The van der Waals surface area contributed by atoms with Crippen LogP contribution in [-0.4, -0.2) is 17.1 Å². The minimum Gasteiger partial charge on any atom is -0.358 e. The molecule has 0 aliphatic rings. The Morgan fingerprint density at radius 2 is 1.57 bits per heavy atom. The topological polar surface area (TPSA) is 15.3 Å². The van der Waals surface area contributed by atoms with Crippen LogP contribution in [0.2, 0.25) is 0 Å². The first-order valence-electron chi connectivity index (χ1n) is 7.98. The van der Waals surface area contributed by atoms with Crippen molar-refractivity contribution in [3.8, 4) is 0 Å². The first-order valence-corrected chi connectivity index (χ1v) is 8.39. The molecule has 0 saturated carbocycles. The van der Waals surface area contributed by atoms with Gasteiger partial charge in [0.25, 0.3) is 0 Å². The lowest BCUT2D eigenvalue weighted by molar-refractivity contribution is 0.488. The monoisotopic (exact) mass is 326 g/mol. The Bertz CT molecular complexity index is 627. The van der Waals surface area contributed by atoms with Crippen LogP contribution in [0.5, 0.6) is 0 Å². The van der Waals surface area contributed by atoms with Crippen LogP contribution in [0.3, 0.4) is 0 Å². The van der Waals surface area contributed by atoms with E-state index in [9.17, 15) is 0 Å². The molecule has 0 heterocycles. The summed E-state index contributed by atoms with van der Waals surface area (Å²) < 4.78 is 0. The Morgan fingerprint density at radius 1 is 0.957 bits per heavy atom. The Kier molecular flexibility index (Phi) is 5.78. The quantitative estimate of drug-likeness (QED) is 0.833. The van der Waals surface area contributed by atoms with Crippen molar-refractivity contribution in [3.05, 3.63) is 71.3 Å². The van der Waals surface area contributed by atoms with Gasteiger partial charge in [-0.2, -0.15) is 0 Å². The summed E-state index contributed by atoms with van der Waals surface area (Å²) in [7, 11) is 2.03. The van der Waals surface area contributed by atoms with Gasteiger partial charge in [0.15, 0.2) is 5.11 Å². The highest BCUT2D eigenvalue weighted by atomic mass is 32.1. The molecule has 0 aliphatic carbocycles. The van der Waals surface area contributed by atoms with Crippen LogP contribution >= 0.6 is 12.2 Å². The molecule has 2 aromatic rings. The molecule has 2 aromatic carbocycles. The molecule has 0 spiro atoms. The predicted molar refractivity (Wildman–Crippen MR) is 102 cm³/mol. The Morgan fingerprint density at radius 3 is 2.13 bits per heavy atom. The molecule has 122 valence electrons. The van der Waals surface area contributed by atoms with E-state index in [1.54, 1.807) is 0 Å². The van der Waals surface area contributed by atoms with E-state index in [0.29, 0.717) is 0 Å². The van der Waals surface area contributed by atoms with Crippen LogP contribution in [0.25, 0.3) is 0 Å². The average molecular weight is 327 g/mol. The number of nitrogens with one attached hydrogen (secondary N) is 1. The van der Waals surface area contributed by atoms with Crippen LogP contribution in [0, 0.1) is 0 Å². The third-order valence-corrected chi connectivity index (χ3v) is 4.33. The molecule has 0 fully saturated rings. The molecule has 0 saturated heterocycles. The molecule has 0 unspecified atom stereocenters. The van der Waals surface area contributed by atoms with E-state index in [-0.39, 0.29) is 5.41 Å². The van der Waals surface area contributed by atoms with Crippen molar-refractivity contribution in [3.63, 3.8) is 0 Å². The van der Waals surface area contributed by atoms with E-state index in [2.05, 4.69) is 67.4 Å². The summed E-state index contributed by atoms with van der Waals surface area (Å²) in [6.07, 6.45) is 0. The zero-order chi connectivity index (χ0) is 16.9. The summed E-state index contributed by atoms with van der Waals surface area (Å²) in [5.74, 6) is 0. The maximum atomic E-state index is 5.47. The number of hydrogen-bond donors (Lipinski definition) is 1. The molecule has 23 heavy (non-hydrogen) atoms. The van der Waals surface area contributed by atoms with E-state index >= 15 is 0 Å². The SMILES string of the molecule is CN(Cc1ccc(C(C)(C)C)cc1)C(=S)NCc1ccccc1. The van der Waals surface area contributed by atoms with Gasteiger partial charge in [0.1, 0.15) is 0 Å². The molecule has 0 atom stereocenters.